The van der Waals surface area contributed by atoms with E-state index in [0.717, 1.165) is 16.0 Å². The molecule has 0 radical (unpaired) electrons. The minimum atomic E-state index is -1.50. The molecule has 0 bridgehead atoms. The molecule has 0 aromatic heterocycles. The highest BCUT2D eigenvalue weighted by Crippen LogP contribution is 2.36. The molecule has 4 amide bonds. The van der Waals surface area contributed by atoms with Crippen molar-refractivity contribution in [3.8, 4) is 5.75 Å². The number of fused-ring (bicyclic) bond motifs is 1. The zero-order chi connectivity index (χ0) is 24.3. The molecule has 3 rings (SSSR count). The molecule has 2 aliphatic rings. The molecule has 2 heterocycles. The highest BCUT2D eigenvalue weighted by molar-refractivity contribution is 6.47. The molecule has 1 aromatic rings. The summed E-state index contributed by atoms with van der Waals surface area (Å²) in [6.45, 7) is 5.27. The fraction of sp³-hybridized carbons (Fsp3) is 0.545. The van der Waals surface area contributed by atoms with E-state index in [9.17, 15) is 29.3 Å². The maximum absolute atomic E-state index is 13.2. The number of carbonyl (C=O) groups is 4. The van der Waals surface area contributed by atoms with Crippen molar-refractivity contribution in [3.05, 3.63) is 29.3 Å². The van der Waals surface area contributed by atoms with E-state index in [0.29, 0.717) is 18.7 Å². The van der Waals surface area contributed by atoms with Gasteiger partial charge in [0.2, 0.25) is 0 Å². The van der Waals surface area contributed by atoms with E-state index < -0.39 is 42.1 Å². The lowest BCUT2D eigenvalue weighted by Gasteiger charge is -2.36. The Morgan fingerprint density at radius 3 is 2.67 bits per heavy atom. The Bertz CT molecular complexity index is 956. The van der Waals surface area contributed by atoms with Gasteiger partial charge in [-0.1, -0.05) is 18.2 Å². The summed E-state index contributed by atoms with van der Waals surface area (Å²) in [6.07, 6.45) is 0.217. The minimum Gasteiger partial charge on any atom is -0.536 e. The van der Waals surface area contributed by atoms with Crippen LogP contribution in [0.2, 0.25) is 5.82 Å². The van der Waals surface area contributed by atoms with Gasteiger partial charge in [0.05, 0.1) is 5.54 Å². The number of piperazine rings is 1. The first-order valence-corrected chi connectivity index (χ1v) is 11.1. The topological polar surface area (TPSA) is 136 Å². The fourth-order valence-corrected chi connectivity index (χ4v) is 4.25. The van der Waals surface area contributed by atoms with E-state index >= 15 is 0 Å². The number of aliphatic hydroxyl groups excluding tert-OH is 1. The van der Waals surface area contributed by atoms with Gasteiger partial charge in [-0.2, -0.15) is 0 Å². The Hall–Kier alpha value is -2.92. The van der Waals surface area contributed by atoms with Crippen LogP contribution in [0.4, 0.5) is 4.79 Å². The molecule has 1 saturated heterocycles. The van der Waals surface area contributed by atoms with Crippen molar-refractivity contribution < 1.29 is 34.0 Å². The van der Waals surface area contributed by atoms with Crippen LogP contribution in [0.15, 0.2) is 18.2 Å². The van der Waals surface area contributed by atoms with E-state index in [4.69, 9.17) is 4.65 Å². The summed E-state index contributed by atoms with van der Waals surface area (Å²) in [5.41, 5.74) is 0.268. The van der Waals surface area contributed by atoms with Crippen molar-refractivity contribution in [2.45, 2.75) is 51.4 Å². The summed E-state index contributed by atoms with van der Waals surface area (Å²) < 4.78 is 5.64. The quantitative estimate of drug-likeness (QED) is 0.394. The first-order chi connectivity index (χ1) is 15.6. The molecule has 0 aliphatic carbocycles. The number of Topliss-reactive ketones (excluding diaryl/α,β-unsaturated/α-hetero) is 1. The number of ketones is 1. The average molecular weight is 459 g/mol. The third-order valence-corrected chi connectivity index (χ3v) is 6.41. The number of benzene rings is 1. The van der Waals surface area contributed by atoms with Crippen LogP contribution in [0, 0.1) is 6.92 Å². The average Bonchev–Trinajstić information content (AvgIpc) is 2.76. The summed E-state index contributed by atoms with van der Waals surface area (Å²) in [5, 5.41) is 22.6. The number of likely N-dealkylation sites (N-methyl/N-ethyl adjacent to an activating group) is 1. The number of imide groups is 1. The predicted molar refractivity (Wildman–Crippen MR) is 119 cm³/mol. The van der Waals surface area contributed by atoms with Crippen molar-refractivity contribution >= 4 is 30.7 Å². The predicted octanol–water partition coefficient (Wildman–Crippen LogP) is 0.281. The molecule has 178 valence electrons. The van der Waals surface area contributed by atoms with Gasteiger partial charge in [0.1, 0.15) is 5.75 Å². The lowest BCUT2D eigenvalue weighted by molar-refractivity contribution is -0.153. The lowest BCUT2D eigenvalue weighted by Crippen LogP contribution is -2.62. The number of hydrogen-bond acceptors (Lipinski definition) is 7. The normalized spacial score (nSPS) is 20.2. The highest BCUT2D eigenvalue weighted by Gasteiger charge is 2.43. The maximum atomic E-state index is 13.2. The van der Waals surface area contributed by atoms with Gasteiger partial charge >= 0.3 is 25.0 Å². The Morgan fingerprint density at radius 1 is 1.27 bits per heavy atom. The SMILES string of the molecule is CCN1CCN(C(=O)NC(C)(CCO)C(=O)C[C@H]2Cc3cccc(C)c3OB2O)C(=O)C1=O. The largest absolute Gasteiger partial charge is 0.536 e. The zero-order valence-electron chi connectivity index (χ0n) is 19.2. The van der Waals surface area contributed by atoms with Crippen molar-refractivity contribution in [3.63, 3.8) is 0 Å². The number of aliphatic hydroxyl groups is 1. The summed E-state index contributed by atoms with van der Waals surface area (Å²) in [7, 11) is -1.20. The second-order valence-electron chi connectivity index (χ2n) is 8.74. The molecular formula is C22H30BN3O7. The number of nitrogens with one attached hydrogen (secondary N) is 1. The van der Waals surface area contributed by atoms with Crippen LogP contribution in [0.1, 0.15) is 37.8 Å². The van der Waals surface area contributed by atoms with E-state index in [1.807, 2.05) is 25.1 Å². The minimum absolute atomic E-state index is 0.0129. The van der Waals surface area contributed by atoms with Crippen LogP contribution >= 0.6 is 0 Å². The van der Waals surface area contributed by atoms with Gasteiger partial charge in [0, 0.05) is 44.9 Å². The van der Waals surface area contributed by atoms with Crippen LogP contribution < -0.4 is 9.97 Å². The standard InChI is InChI=1S/C22H30BN3O7/c1-4-25-9-10-26(20(30)19(25)29)21(31)24-22(3,8-11-27)17(28)13-16-12-15-7-5-6-14(2)18(15)33-23(16)32/h5-7,16,27,32H,4,8-13H2,1-3H3,(H,24,31)/t16-,22?/m1/s1. The van der Waals surface area contributed by atoms with Crippen LogP contribution in [-0.4, -0.2) is 82.5 Å². The molecular weight excluding hydrogens is 429 g/mol. The smallest absolute Gasteiger partial charge is 0.526 e. The number of amides is 4. The van der Waals surface area contributed by atoms with Crippen molar-refractivity contribution in [1.82, 2.24) is 15.1 Å². The second-order valence-corrected chi connectivity index (χ2v) is 8.74. The number of aryl methyl sites for hydroxylation is 1. The number of para-hydroxylation sites is 1. The summed E-state index contributed by atoms with van der Waals surface area (Å²) >= 11 is 0. The van der Waals surface area contributed by atoms with Crippen LogP contribution in [0.3, 0.4) is 0 Å². The molecule has 33 heavy (non-hydrogen) atoms. The van der Waals surface area contributed by atoms with E-state index in [1.165, 1.54) is 11.8 Å². The zero-order valence-corrected chi connectivity index (χ0v) is 19.2. The Kier molecular flexibility index (Phi) is 7.43. The molecule has 1 unspecified atom stereocenters. The van der Waals surface area contributed by atoms with Gasteiger partial charge in [-0.3, -0.25) is 19.3 Å². The van der Waals surface area contributed by atoms with Crippen LogP contribution in [0.25, 0.3) is 0 Å². The van der Waals surface area contributed by atoms with Crippen molar-refractivity contribution in [2.75, 3.05) is 26.2 Å². The number of nitrogens with zero attached hydrogens (tertiary/aromatic N) is 2. The second kappa shape index (κ2) is 9.92. The van der Waals surface area contributed by atoms with Gasteiger partial charge in [0.25, 0.3) is 0 Å². The third kappa shape index (κ3) is 5.04. The molecule has 3 N–H and O–H groups in total. The van der Waals surface area contributed by atoms with E-state index in [2.05, 4.69) is 5.32 Å². The van der Waals surface area contributed by atoms with Gasteiger partial charge in [-0.25, -0.2) is 4.79 Å². The number of carbonyl (C=O) groups excluding carboxylic acids is 4. The molecule has 0 saturated carbocycles. The Morgan fingerprint density at radius 2 is 2.00 bits per heavy atom. The number of rotatable bonds is 7. The molecule has 2 atom stereocenters. The van der Waals surface area contributed by atoms with E-state index in [-0.39, 0.29) is 32.5 Å². The van der Waals surface area contributed by atoms with Gasteiger partial charge in [-0.15, -0.1) is 0 Å². The van der Waals surface area contributed by atoms with Crippen molar-refractivity contribution in [1.29, 1.82) is 0 Å². The first-order valence-electron chi connectivity index (χ1n) is 11.1. The first kappa shape index (κ1) is 24.7. The van der Waals surface area contributed by atoms with Crippen molar-refractivity contribution in [2.24, 2.45) is 0 Å². The number of urea groups is 1. The summed E-state index contributed by atoms with van der Waals surface area (Å²) in [5.74, 6) is -2.08. The molecule has 11 heteroatoms. The Balaban J connectivity index is 1.72. The highest BCUT2D eigenvalue weighted by atomic mass is 16.5. The maximum Gasteiger partial charge on any atom is 0.526 e. The Labute approximate surface area is 193 Å². The monoisotopic (exact) mass is 459 g/mol. The molecule has 10 nitrogen and oxygen atoms in total. The van der Waals surface area contributed by atoms with Gasteiger partial charge < -0.3 is 25.0 Å². The molecule has 2 aliphatic heterocycles. The summed E-state index contributed by atoms with van der Waals surface area (Å²) in [4.78, 5) is 52.7. The van der Waals surface area contributed by atoms with E-state index in [1.54, 1.807) is 6.92 Å². The van der Waals surface area contributed by atoms with Crippen LogP contribution in [0.5, 0.6) is 5.75 Å². The molecule has 1 aromatic carbocycles. The lowest BCUT2D eigenvalue weighted by atomic mass is 9.63. The number of hydrogen-bond donors (Lipinski definition) is 3. The summed E-state index contributed by atoms with van der Waals surface area (Å²) in [6, 6.07) is 4.76. The molecule has 0 spiro atoms. The van der Waals surface area contributed by atoms with Gasteiger partial charge in [0.15, 0.2) is 5.78 Å². The van der Waals surface area contributed by atoms with Crippen LogP contribution in [-0.2, 0) is 20.8 Å². The van der Waals surface area contributed by atoms with Gasteiger partial charge in [-0.05, 0) is 38.3 Å². The fourth-order valence-electron chi connectivity index (χ4n) is 4.25. The molecule has 1 fully saturated rings. The third-order valence-electron chi connectivity index (χ3n) is 6.41.